The average molecular weight is 276 g/mol. The van der Waals surface area contributed by atoms with Crippen molar-refractivity contribution in [3.05, 3.63) is 65.2 Å². The summed E-state index contributed by atoms with van der Waals surface area (Å²) >= 11 is 0. The minimum atomic E-state index is -0.301. The predicted octanol–water partition coefficient (Wildman–Crippen LogP) is 3.62. The molecule has 20 heavy (non-hydrogen) atoms. The molecule has 2 N–H and O–H groups in total. The Labute approximate surface area is 117 Å². The smallest absolute Gasteiger partial charge is 0.146 e. The predicted molar refractivity (Wildman–Crippen MR) is 77.5 cm³/mol. The molecule has 0 saturated heterocycles. The monoisotopic (exact) mass is 276 g/mol. The molecule has 0 aliphatic heterocycles. The van der Waals surface area contributed by atoms with Crippen molar-refractivity contribution in [1.29, 1.82) is 0 Å². The van der Waals surface area contributed by atoms with E-state index in [1.165, 1.54) is 18.2 Å². The third-order valence-corrected chi connectivity index (χ3v) is 3.22. The SMILES string of the molecule is C[C@@H](N)c1cccc(F)c1N(C)Cc1ccc(F)cc1. The number of nitrogens with two attached hydrogens (primary N) is 1. The Bertz CT molecular complexity index is 580. The van der Waals surface area contributed by atoms with E-state index in [-0.39, 0.29) is 17.7 Å². The molecule has 0 spiro atoms. The van der Waals surface area contributed by atoms with Crippen LogP contribution in [0.4, 0.5) is 14.5 Å². The summed E-state index contributed by atoms with van der Waals surface area (Å²) in [6.45, 7) is 2.31. The highest BCUT2D eigenvalue weighted by atomic mass is 19.1. The zero-order valence-electron chi connectivity index (χ0n) is 11.6. The van der Waals surface area contributed by atoms with Crippen LogP contribution in [0, 0.1) is 11.6 Å². The molecule has 0 saturated carbocycles. The van der Waals surface area contributed by atoms with E-state index in [4.69, 9.17) is 5.73 Å². The van der Waals surface area contributed by atoms with Crippen molar-refractivity contribution in [3.8, 4) is 0 Å². The molecular weight excluding hydrogens is 258 g/mol. The first kappa shape index (κ1) is 14.5. The Morgan fingerprint density at radius 3 is 2.35 bits per heavy atom. The largest absolute Gasteiger partial charge is 0.368 e. The van der Waals surface area contributed by atoms with Gasteiger partial charge in [-0.25, -0.2) is 8.78 Å². The van der Waals surface area contributed by atoms with Crippen molar-refractivity contribution in [2.45, 2.75) is 19.5 Å². The van der Waals surface area contributed by atoms with Gasteiger partial charge in [-0.2, -0.15) is 0 Å². The van der Waals surface area contributed by atoms with Crippen LogP contribution in [0.25, 0.3) is 0 Å². The molecule has 0 radical (unpaired) electrons. The topological polar surface area (TPSA) is 29.3 Å². The number of benzene rings is 2. The van der Waals surface area contributed by atoms with Gasteiger partial charge in [-0.3, -0.25) is 0 Å². The molecule has 0 heterocycles. The maximum absolute atomic E-state index is 14.1. The van der Waals surface area contributed by atoms with Gasteiger partial charge >= 0.3 is 0 Å². The van der Waals surface area contributed by atoms with E-state index in [0.29, 0.717) is 12.2 Å². The lowest BCUT2D eigenvalue weighted by atomic mass is 10.0. The van der Waals surface area contributed by atoms with Gasteiger partial charge in [-0.05, 0) is 36.2 Å². The molecule has 2 rings (SSSR count). The molecule has 106 valence electrons. The summed E-state index contributed by atoms with van der Waals surface area (Å²) in [4.78, 5) is 1.79. The quantitative estimate of drug-likeness (QED) is 0.924. The van der Waals surface area contributed by atoms with Gasteiger partial charge in [-0.1, -0.05) is 24.3 Å². The molecule has 0 unspecified atom stereocenters. The second-order valence-corrected chi connectivity index (χ2v) is 4.95. The standard InChI is InChI=1S/C16H18F2N2/c1-11(19)14-4-3-5-15(18)16(14)20(2)10-12-6-8-13(17)9-7-12/h3-9,11H,10,19H2,1-2H3/t11-/m1/s1. The number of hydrogen-bond acceptors (Lipinski definition) is 2. The van der Waals surface area contributed by atoms with Crippen LogP contribution in [-0.4, -0.2) is 7.05 Å². The number of anilines is 1. The average Bonchev–Trinajstić information content (AvgIpc) is 2.40. The van der Waals surface area contributed by atoms with E-state index >= 15 is 0 Å². The molecule has 1 atom stereocenters. The van der Waals surface area contributed by atoms with Crippen molar-refractivity contribution < 1.29 is 8.78 Å². The van der Waals surface area contributed by atoms with Crippen LogP contribution in [0.1, 0.15) is 24.1 Å². The van der Waals surface area contributed by atoms with Crippen molar-refractivity contribution in [1.82, 2.24) is 0 Å². The number of rotatable bonds is 4. The van der Waals surface area contributed by atoms with Gasteiger partial charge in [0.1, 0.15) is 11.6 Å². The summed E-state index contributed by atoms with van der Waals surface area (Å²) in [6, 6.07) is 10.8. The van der Waals surface area contributed by atoms with Crippen LogP contribution in [0.2, 0.25) is 0 Å². The van der Waals surface area contributed by atoms with Gasteiger partial charge in [0.25, 0.3) is 0 Å². The Morgan fingerprint density at radius 1 is 1.10 bits per heavy atom. The summed E-state index contributed by atoms with van der Waals surface area (Å²) in [5.41, 5.74) is 8.05. The molecule has 2 nitrogen and oxygen atoms in total. The summed E-state index contributed by atoms with van der Waals surface area (Å²) < 4.78 is 27.0. The first-order valence-corrected chi connectivity index (χ1v) is 6.48. The maximum Gasteiger partial charge on any atom is 0.146 e. The molecule has 0 amide bonds. The van der Waals surface area contributed by atoms with E-state index in [2.05, 4.69) is 0 Å². The third kappa shape index (κ3) is 3.14. The maximum atomic E-state index is 14.1. The Hall–Kier alpha value is -1.94. The molecule has 2 aromatic carbocycles. The highest BCUT2D eigenvalue weighted by Crippen LogP contribution is 2.28. The van der Waals surface area contributed by atoms with Gasteiger partial charge < -0.3 is 10.6 Å². The van der Waals surface area contributed by atoms with Crippen LogP contribution in [0.5, 0.6) is 0 Å². The van der Waals surface area contributed by atoms with E-state index in [9.17, 15) is 8.78 Å². The molecule has 0 aromatic heterocycles. The second kappa shape index (κ2) is 6.01. The fourth-order valence-electron chi connectivity index (χ4n) is 2.24. The Kier molecular flexibility index (Phi) is 4.35. The van der Waals surface area contributed by atoms with Crippen molar-refractivity contribution in [2.24, 2.45) is 5.73 Å². The number of nitrogens with zero attached hydrogens (tertiary/aromatic N) is 1. The molecule has 2 aromatic rings. The number of hydrogen-bond donors (Lipinski definition) is 1. The van der Waals surface area contributed by atoms with Crippen LogP contribution < -0.4 is 10.6 Å². The van der Waals surface area contributed by atoms with E-state index in [1.807, 2.05) is 13.0 Å². The van der Waals surface area contributed by atoms with Gasteiger partial charge in [-0.15, -0.1) is 0 Å². The fourth-order valence-corrected chi connectivity index (χ4v) is 2.24. The van der Waals surface area contributed by atoms with Crippen molar-refractivity contribution in [2.75, 3.05) is 11.9 Å². The lowest BCUT2D eigenvalue weighted by molar-refractivity contribution is 0.615. The van der Waals surface area contributed by atoms with Gasteiger partial charge in [0, 0.05) is 19.6 Å². The summed E-state index contributed by atoms with van der Waals surface area (Å²) in [6.07, 6.45) is 0. The zero-order chi connectivity index (χ0) is 14.7. The van der Waals surface area contributed by atoms with Gasteiger partial charge in [0.05, 0.1) is 5.69 Å². The first-order valence-electron chi connectivity index (χ1n) is 6.48. The van der Waals surface area contributed by atoms with Crippen LogP contribution in [0.3, 0.4) is 0 Å². The third-order valence-electron chi connectivity index (χ3n) is 3.22. The van der Waals surface area contributed by atoms with E-state index < -0.39 is 0 Å². The second-order valence-electron chi connectivity index (χ2n) is 4.95. The molecular formula is C16H18F2N2. The van der Waals surface area contributed by atoms with Gasteiger partial charge in [0.15, 0.2) is 0 Å². The normalized spacial score (nSPS) is 12.2. The molecule has 0 bridgehead atoms. The van der Waals surface area contributed by atoms with Crippen LogP contribution >= 0.6 is 0 Å². The summed E-state index contributed by atoms with van der Waals surface area (Å²) in [5, 5.41) is 0. The molecule has 4 heteroatoms. The minimum absolute atomic E-state index is 0.253. The highest BCUT2D eigenvalue weighted by molar-refractivity contribution is 5.55. The molecule has 0 aliphatic rings. The van der Waals surface area contributed by atoms with E-state index in [0.717, 1.165) is 11.1 Å². The van der Waals surface area contributed by atoms with Crippen LogP contribution in [-0.2, 0) is 6.54 Å². The fraction of sp³-hybridized carbons (Fsp3) is 0.250. The molecule has 0 fully saturated rings. The lowest BCUT2D eigenvalue weighted by Crippen LogP contribution is -2.21. The van der Waals surface area contributed by atoms with E-state index in [1.54, 1.807) is 30.1 Å². The van der Waals surface area contributed by atoms with Gasteiger partial charge in [0.2, 0.25) is 0 Å². The number of halogens is 2. The lowest BCUT2D eigenvalue weighted by Gasteiger charge is -2.24. The summed E-state index contributed by atoms with van der Waals surface area (Å²) in [7, 11) is 1.80. The Morgan fingerprint density at radius 2 is 1.75 bits per heavy atom. The zero-order valence-corrected chi connectivity index (χ0v) is 11.6. The first-order chi connectivity index (χ1) is 9.49. The number of para-hydroxylation sites is 1. The van der Waals surface area contributed by atoms with Crippen molar-refractivity contribution >= 4 is 5.69 Å². The molecule has 0 aliphatic carbocycles. The van der Waals surface area contributed by atoms with Crippen LogP contribution in [0.15, 0.2) is 42.5 Å². The summed E-state index contributed by atoms with van der Waals surface area (Å²) in [5.74, 6) is -0.581. The van der Waals surface area contributed by atoms with Crippen molar-refractivity contribution in [3.63, 3.8) is 0 Å². The Balaban J connectivity index is 2.29. The minimum Gasteiger partial charge on any atom is -0.368 e. The highest BCUT2D eigenvalue weighted by Gasteiger charge is 2.15.